The standard InChI is InChI=1S/C12H14O4/c13-8-14-11-3-1-2-10-9(11)4-5-12(10)15-6-7-16-12/h1-3,13H,4-8H2. The zero-order valence-corrected chi connectivity index (χ0v) is 8.94. The number of ether oxygens (including phenoxy) is 3. The van der Waals surface area contributed by atoms with E-state index in [0.29, 0.717) is 13.2 Å². The van der Waals surface area contributed by atoms with Gasteiger partial charge in [0.1, 0.15) is 5.75 Å². The maximum Gasteiger partial charge on any atom is 0.195 e. The predicted molar refractivity (Wildman–Crippen MR) is 56.1 cm³/mol. The van der Waals surface area contributed by atoms with E-state index in [2.05, 4.69) is 0 Å². The first-order valence-corrected chi connectivity index (χ1v) is 5.50. The average Bonchev–Trinajstić information content (AvgIpc) is 2.91. The van der Waals surface area contributed by atoms with Crippen LogP contribution in [0.3, 0.4) is 0 Å². The number of rotatable bonds is 2. The van der Waals surface area contributed by atoms with Crippen LogP contribution in [-0.2, 0) is 21.7 Å². The van der Waals surface area contributed by atoms with E-state index in [9.17, 15) is 0 Å². The Hall–Kier alpha value is -1.10. The third kappa shape index (κ3) is 1.34. The molecule has 86 valence electrons. The van der Waals surface area contributed by atoms with Gasteiger partial charge in [-0.15, -0.1) is 0 Å². The van der Waals surface area contributed by atoms with Crippen LogP contribution >= 0.6 is 0 Å². The molecule has 0 bridgehead atoms. The summed E-state index contributed by atoms with van der Waals surface area (Å²) in [6, 6.07) is 5.78. The average molecular weight is 222 g/mol. The fourth-order valence-electron chi connectivity index (χ4n) is 2.56. The Labute approximate surface area is 93.7 Å². The highest BCUT2D eigenvalue weighted by Gasteiger charge is 2.45. The molecule has 1 aliphatic heterocycles. The molecule has 1 saturated heterocycles. The Balaban J connectivity index is 2.03. The molecule has 2 aliphatic rings. The lowest BCUT2D eigenvalue weighted by Gasteiger charge is -2.22. The second-order valence-electron chi connectivity index (χ2n) is 4.01. The van der Waals surface area contributed by atoms with E-state index in [1.807, 2.05) is 18.2 Å². The van der Waals surface area contributed by atoms with E-state index in [1.165, 1.54) is 0 Å². The molecule has 0 saturated carbocycles. The van der Waals surface area contributed by atoms with Crippen LogP contribution in [0.25, 0.3) is 0 Å². The van der Waals surface area contributed by atoms with Gasteiger partial charge in [0, 0.05) is 17.5 Å². The van der Waals surface area contributed by atoms with Crippen molar-refractivity contribution in [2.24, 2.45) is 0 Å². The molecule has 16 heavy (non-hydrogen) atoms. The molecule has 4 nitrogen and oxygen atoms in total. The summed E-state index contributed by atoms with van der Waals surface area (Å²) in [5, 5.41) is 8.82. The van der Waals surface area contributed by atoms with Gasteiger partial charge in [-0.1, -0.05) is 12.1 Å². The van der Waals surface area contributed by atoms with Crippen LogP contribution in [0, 0.1) is 0 Å². The van der Waals surface area contributed by atoms with Crippen LogP contribution in [0.2, 0.25) is 0 Å². The smallest absolute Gasteiger partial charge is 0.195 e. The lowest BCUT2D eigenvalue weighted by Crippen LogP contribution is -2.23. The maximum absolute atomic E-state index is 8.82. The molecule has 1 aromatic carbocycles. The third-order valence-corrected chi connectivity index (χ3v) is 3.22. The fourth-order valence-corrected chi connectivity index (χ4v) is 2.56. The Morgan fingerprint density at radius 3 is 2.88 bits per heavy atom. The van der Waals surface area contributed by atoms with E-state index in [1.54, 1.807) is 0 Å². The van der Waals surface area contributed by atoms with Crippen molar-refractivity contribution in [2.75, 3.05) is 20.0 Å². The Morgan fingerprint density at radius 1 is 1.31 bits per heavy atom. The molecular formula is C12H14O4. The molecular weight excluding hydrogens is 208 g/mol. The molecule has 4 heteroatoms. The number of benzene rings is 1. The molecule has 0 amide bonds. The summed E-state index contributed by atoms with van der Waals surface area (Å²) in [5.74, 6) is 0.181. The largest absolute Gasteiger partial charge is 0.467 e. The van der Waals surface area contributed by atoms with Crippen molar-refractivity contribution in [1.82, 2.24) is 0 Å². The quantitative estimate of drug-likeness (QED) is 0.763. The summed E-state index contributed by atoms with van der Waals surface area (Å²) in [6.45, 7) is 0.986. The van der Waals surface area contributed by atoms with E-state index in [4.69, 9.17) is 19.3 Å². The van der Waals surface area contributed by atoms with Crippen LogP contribution < -0.4 is 4.74 Å². The first-order chi connectivity index (χ1) is 7.86. The molecule has 0 radical (unpaired) electrons. The minimum Gasteiger partial charge on any atom is -0.467 e. The maximum atomic E-state index is 8.82. The summed E-state index contributed by atoms with van der Waals surface area (Å²) in [6.07, 6.45) is 1.69. The molecule has 1 spiro atoms. The summed E-state index contributed by atoms with van der Waals surface area (Å²) >= 11 is 0. The Bertz CT molecular complexity index is 396. The molecule has 0 aromatic heterocycles. The first kappa shape index (κ1) is 10.1. The topological polar surface area (TPSA) is 47.9 Å². The number of fused-ring (bicyclic) bond motifs is 2. The lowest BCUT2D eigenvalue weighted by molar-refractivity contribution is -0.163. The zero-order chi connectivity index (χ0) is 11.0. The molecule has 1 aliphatic carbocycles. The first-order valence-electron chi connectivity index (χ1n) is 5.50. The highest BCUT2D eigenvalue weighted by molar-refractivity contribution is 5.46. The van der Waals surface area contributed by atoms with E-state index in [-0.39, 0.29) is 6.79 Å². The highest BCUT2D eigenvalue weighted by atomic mass is 16.7. The third-order valence-electron chi connectivity index (χ3n) is 3.22. The van der Waals surface area contributed by atoms with Gasteiger partial charge in [0.05, 0.1) is 13.2 Å². The molecule has 1 aromatic rings. The molecule has 1 heterocycles. The van der Waals surface area contributed by atoms with Crippen molar-refractivity contribution in [3.8, 4) is 5.75 Å². The Kier molecular flexibility index (Phi) is 2.35. The van der Waals surface area contributed by atoms with Crippen molar-refractivity contribution in [1.29, 1.82) is 0 Å². The van der Waals surface area contributed by atoms with Crippen molar-refractivity contribution < 1.29 is 19.3 Å². The Morgan fingerprint density at radius 2 is 2.12 bits per heavy atom. The summed E-state index contributed by atoms with van der Waals surface area (Å²) < 4.78 is 16.6. The second-order valence-corrected chi connectivity index (χ2v) is 4.01. The van der Waals surface area contributed by atoms with Gasteiger partial charge in [-0.05, 0) is 12.5 Å². The van der Waals surface area contributed by atoms with Crippen molar-refractivity contribution >= 4 is 0 Å². The lowest BCUT2D eigenvalue weighted by atomic mass is 10.1. The fraction of sp³-hybridized carbons (Fsp3) is 0.500. The van der Waals surface area contributed by atoms with Gasteiger partial charge in [0.15, 0.2) is 12.6 Å². The molecule has 0 unspecified atom stereocenters. The summed E-state index contributed by atoms with van der Waals surface area (Å²) in [7, 11) is 0. The second kappa shape index (κ2) is 3.73. The van der Waals surface area contributed by atoms with Gasteiger partial charge in [0.25, 0.3) is 0 Å². The minimum atomic E-state index is -0.551. The van der Waals surface area contributed by atoms with Crippen molar-refractivity contribution in [3.63, 3.8) is 0 Å². The van der Waals surface area contributed by atoms with Gasteiger partial charge >= 0.3 is 0 Å². The van der Waals surface area contributed by atoms with Gasteiger partial charge in [-0.2, -0.15) is 0 Å². The van der Waals surface area contributed by atoms with E-state index >= 15 is 0 Å². The molecule has 3 rings (SSSR count). The van der Waals surface area contributed by atoms with Gasteiger partial charge in [-0.3, -0.25) is 0 Å². The van der Waals surface area contributed by atoms with Gasteiger partial charge in [0.2, 0.25) is 0 Å². The highest BCUT2D eigenvalue weighted by Crippen LogP contribution is 2.46. The van der Waals surface area contributed by atoms with Crippen LogP contribution in [0.1, 0.15) is 17.5 Å². The van der Waals surface area contributed by atoms with E-state index < -0.39 is 5.79 Å². The number of aliphatic hydroxyl groups excluding tert-OH is 1. The predicted octanol–water partition coefficient (Wildman–Crippen LogP) is 1.16. The summed E-state index contributed by atoms with van der Waals surface area (Å²) in [4.78, 5) is 0. The zero-order valence-electron chi connectivity index (χ0n) is 8.94. The molecule has 1 fully saturated rings. The SMILES string of the molecule is OCOc1cccc2c1CCC21OCCO1. The molecule has 0 atom stereocenters. The monoisotopic (exact) mass is 222 g/mol. The summed E-state index contributed by atoms with van der Waals surface area (Å²) in [5.41, 5.74) is 2.15. The van der Waals surface area contributed by atoms with Gasteiger partial charge in [-0.25, -0.2) is 0 Å². The van der Waals surface area contributed by atoms with E-state index in [0.717, 1.165) is 29.7 Å². The van der Waals surface area contributed by atoms with Crippen LogP contribution in [-0.4, -0.2) is 25.1 Å². The number of hydrogen-bond acceptors (Lipinski definition) is 4. The number of hydrogen-bond donors (Lipinski definition) is 1. The van der Waals surface area contributed by atoms with Crippen molar-refractivity contribution in [3.05, 3.63) is 29.3 Å². The van der Waals surface area contributed by atoms with Crippen LogP contribution in [0.5, 0.6) is 5.75 Å². The van der Waals surface area contributed by atoms with Crippen molar-refractivity contribution in [2.45, 2.75) is 18.6 Å². The number of aliphatic hydroxyl groups is 1. The normalized spacial score (nSPS) is 21.3. The molecule has 1 N–H and O–H groups in total. The van der Waals surface area contributed by atoms with Gasteiger partial charge < -0.3 is 19.3 Å². The van der Waals surface area contributed by atoms with Crippen LogP contribution in [0.4, 0.5) is 0 Å². The van der Waals surface area contributed by atoms with Crippen LogP contribution in [0.15, 0.2) is 18.2 Å². The minimum absolute atomic E-state index is 0.300.